The van der Waals surface area contributed by atoms with Gasteiger partial charge >= 0.3 is 5.97 Å². The predicted molar refractivity (Wildman–Crippen MR) is 125 cm³/mol. The fraction of sp³-hybridized carbons (Fsp3) is 0.304. The van der Waals surface area contributed by atoms with E-state index in [1.807, 2.05) is 6.07 Å². The highest BCUT2D eigenvalue weighted by molar-refractivity contribution is 8.15. The van der Waals surface area contributed by atoms with Crippen LogP contribution in [-0.4, -0.2) is 53.9 Å². The molecule has 0 radical (unpaired) electrons. The van der Waals surface area contributed by atoms with Gasteiger partial charge in [-0.3, -0.25) is 14.5 Å². The molecule has 0 spiro atoms. The summed E-state index contributed by atoms with van der Waals surface area (Å²) >= 11 is 1.13. The van der Waals surface area contributed by atoms with Crippen molar-refractivity contribution in [3.05, 3.63) is 53.6 Å². The van der Waals surface area contributed by atoms with Crippen LogP contribution in [-0.2, 0) is 20.9 Å². The van der Waals surface area contributed by atoms with Gasteiger partial charge in [0.05, 0.1) is 43.9 Å². The molecule has 1 aliphatic heterocycles. The molecule has 1 aliphatic rings. The van der Waals surface area contributed by atoms with Gasteiger partial charge in [-0.25, -0.2) is 9.79 Å². The first kappa shape index (κ1) is 24.1. The number of primary amides is 1. The van der Waals surface area contributed by atoms with Gasteiger partial charge in [-0.1, -0.05) is 17.8 Å². The minimum absolute atomic E-state index is 0.0197. The highest BCUT2D eigenvalue weighted by atomic mass is 32.2. The van der Waals surface area contributed by atoms with Gasteiger partial charge in [0.1, 0.15) is 0 Å². The summed E-state index contributed by atoms with van der Waals surface area (Å²) in [5.41, 5.74) is 7.17. The molecule has 2 amide bonds. The Morgan fingerprint density at radius 2 is 1.82 bits per heavy atom. The number of nitrogens with two attached hydrogens (primary N) is 1. The first-order chi connectivity index (χ1) is 15.9. The molecule has 2 N–H and O–H groups in total. The predicted octanol–water partition coefficient (Wildman–Crippen LogP) is 2.89. The fourth-order valence-electron chi connectivity index (χ4n) is 3.17. The van der Waals surface area contributed by atoms with E-state index in [1.165, 1.54) is 12.0 Å². The molecule has 1 heterocycles. The molecular weight excluding hydrogens is 446 g/mol. The number of thioether (sulfide) groups is 1. The Kier molecular flexibility index (Phi) is 7.94. The second kappa shape index (κ2) is 10.9. The van der Waals surface area contributed by atoms with Crippen molar-refractivity contribution in [2.24, 2.45) is 10.7 Å². The summed E-state index contributed by atoms with van der Waals surface area (Å²) in [5, 5.41) is -0.370. The summed E-state index contributed by atoms with van der Waals surface area (Å²) < 4.78 is 15.6. The van der Waals surface area contributed by atoms with Crippen LogP contribution in [0.15, 0.2) is 47.5 Å². The Balaban J connectivity index is 1.91. The molecule has 10 heteroatoms. The maximum Gasteiger partial charge on any atom is 0.338 e. The average molecular weight is 472 g/mol. The molecule has 0 aliphatic carbocycles. The fourth-order valence-corrected chi connectivity index (χ4v) is 4.22. The standard InChI is InChI=1S/C23H25N3O6S/c1-4-32-22(29)15-6-8-16(9-7-15)25-23-26(20(27)12-19(33-23)21(24)28)13-14-5-10-17(30-2)18(11-14)31-3/h5-11,19H,4,12-13H2,1-3H3,(H2,24,28)/t19-/m0/s1. The van der Waals surface area contributed by atoms with Crippen LogP contribution in [0.4, 0.5) is 5.69 Å². The normalized spacial score (nSPS) is 17.1. The van der Waals surface area contributed by atoms with Crippen LogP contribution in [0.3, 0.4) is 0 Å². The molecular formula is C23H25N3O6S. The van der Waals surface area contributed by atoms with Crippen LogP contribution in [0, 0.1) is 0 Å². The Hall–Kier alpha value is -3.53. The van der Waals surface area contributed by atoms with Crippen LogP contribution in [0.5, 0.6) is 11.5 Å². The van der Waals surface area contributed by atoms with E-state index in [0.29, 0.717) is 27.9 Å². The number of hydrogen-bond acceptors (Lipinski definition) is 8. The molecule has 9 nitrogen and oxygen atoms in total. The summed E-state index contributed by atoms with van der Waals surface area (Å²) in [4.78, 5) is 42.7. The number of benzene rings is 2. The van der Waals surface area contributed by atoms with E-state index in [-0.39, 0.29) is 25.5 Å². The minimum atomic E-state index is -0.711. The van der Waals surface area contributed by atoms with Crippen LogP contribution in [0.25, 0.3) is 0 Å². The second-order valence-electron chi connectivity index (χ2n) is 7.04. The summed E-state index contributed by atoms with van der Waals surface area (Å²) in [6.07, 6.45) is -0.0197. The molecule has 33 heavy (non-hydrogen) atoms. The van der Waals surface area contributed by atoms with Crippen molar-refractivity contribution in [1.82, 2.24) is 4.90 Å². The third-order valence-corrected chi connectivity index (χ3v) is 6.05. The molecule has 1 fully saturated rings. The summed E-state index contributed by atoms with van der Waals surface area (Å²) in [5.74, 6) is -0.165. The van der Waals surface area contributed by atoms with E-state index < -0.39 is 17.1 Å². The van der Waals surface area contributed by atoms with Gasteiger partial charge in [-0.2, -0.15) is 0 Å². The van der Waals surface area contributed by atoms with E-state index >= 15 is 0 Å². The maximum absolute atomic E-state index is 12.9. The van der Waals surface area contributed by atoms with Crippen LogP contribution in [0.1, 0.15) is 29.3 Å². The molecule has 0 unspecified atom stereocenters. The lowest BCUT2D eigenvalue weighted by Crippen LogP contribution is -2.45. The highest BCUT2D eigenvalue weighted by Gasteiger charge is 2.35. The van der Waals surface area contributed by atoms with Crippen LogP contribution in [0.2, 0.25) is 0 Å². The minimum Gasteiger partial charge on any atom is -0.493 e. The maximum atomic E-state index is 12.9. The van der Waals surface area contributed by atoms with Gasteiger partial charge < -0.3 is 19.9 Å². The monoisotopic (exact) mass is 471 g/mol. The van der Waals surface area contributed by atoms with E-state index in [0.717, 1.165) is 17.3 Å². The quantitative estimate of drug-likeness (QED) is 0.588. The van der Waals surface area contributed by atoms with E-state index in [4.69, 9.17) is 19.9 Å². The van der Waals surface area contributed by atoms with Crippen molar-refractivity contribution in [3.8, 4) is 11.5 Å². The number of rotatable bonds is 8. The summed E-state index contributed by atoms with van der Waals surface area (Å²) in [6.45, 7) is 2.23. The van der Waals surface area contributed by atoms with Crippen molar-refractivity contribution in [1.29, 1.82) is 0 Å². The number of ether oxygens (including phenoxy) is 3. The van der Waals surface area contributed by atoms with Gasteiger partial charge in [-0.05, 0) is 48.9 Å². The number of amidine groups is 1. The zero-order valence-electron chi connectivity index (χ0n) is 18.6. The van der Waals surface area contributed by atoms with Crippen LogP contribution >= 0.6 is 11.8 Å². The largest absolute Gasteiger partial charge is 0.493 e. The van der Waals surface area contributed by atoms with Gasteiger partial charge in [0.2, 0.25) is 11.8 Å². The third kappa shape index (κ3) is 5.83. The number of esters is 1. The molecule has 2 aromatic carbocycles. The number of carbonyl (C=O) groups excluding carboxylic acids is 3. The first-order valence-corrected chi connectivity index (χ1v) is 11.1. The average Bonchev–Trinajstić information content (AvgIpc) is 2.81. The van der Waals surface area contributed by atoms with E-state index in [1.54, 1.807) is 50.4 Å². The molecule has 1 atom stereocenters. The lowest BCUT2D eigenvalue weighted by atomic mass is 10.1. The molecule has 174 valence electrons. The van der Waals surface area contributed by atoms with Crippen molar-refractivity contribution in [2.45, 2.75) is 25.1 Å². The van der Waals surface area contributed by atoms with Gasteiger partial charge in [-0.15, -0.1) is 0 Å². The zero-order valence-corrected chi connectivity index (χ0v) is 19.4. The van der Waals surface area contributed by atoms with Gasteiger partial charge in [0, 0.05) is 6.42 Å². The Morgan fingerprint density at radius 1 is 1.12 bits per heavy atom. The SMILES string of the molecule is CCOC(=O)c1ccc(N=C2S[C@H](C(N)=O)CC(=O)N2Cc2ccc(OC)c(OC)c2)cc1. The van der Waals surface area contributed by atoms with Crippen molar-refractivity contribution in [2.75, 3.05) is 20.8 Å². The molecule has 3 rings (SSSR count). The Morgan fingerprint density at radius 3 is 2.42 bits per heavy atom. The summed E-state index contributed by atoms with van der Waals surface area (Å²) in [6, 6.07) is 11.8. The number of hydrogen-bond donors (Lipinski definition) is 1. The number of methoxy groups -OCH3 is 2. The van der Waals surface area contributed by atoms with Gasteiger partial charge in [0.15, 0.2) is 16.7 Å². The molecule has 0 saturated carbocycles. The van der Waals surface area contributed by atoms with Crippen LogP contribution < -0.4 is 15.2 Å². The number of amides is 2. The van der Waals surface area contributed by atoms with E-state index in [9.17, 15) is 14.4 Å². The highest BCUT2D eigenvalue weighted by Crippen LogP contribution is 2.32. The Bertz CT molecular complexity index is 1070. The smallest absolute Gasteiger partial charge is 0.338 e. The van der Waals surface area contributed by atoms with Crippen molar-refractivity contribution < 1.29 is 28.6 Å². The number of carbonyl (C=O) groups is 3. The topological polar surface area (TPSA) is 121 Å². The van der Waals surface area contributed by atoms with Crippen molar-refractivity contribution in [3.63, 3.8) is 0 Å². The molecule has 2 aromatic rings. The molecule has 0 aromatic heterocycles. The second-order valence-corrected chi connectivity index (χ2v) is 8.21. The summed E-state index contributed by atoms with van der Waals surface area (Å²) in [7, 11) is 3.08. The lowest BCUT2D eigenvalue weighted by molar-refractivity contribution is -0.130. The zero-order chi connectivity index (χ0) is 24.0. The molecule has 0 bridgehead atoms. The third-order valence-electron chi connectivity index (χ3n) is 4.85. The number of nitrogens with zero attached hydrogens (tertiary/aromatic N) is 2. The first-order valence-electron chi connectivity index (χ1n) is 10.2. The lowest BCUT2D eigenvalue weighted by Gasteiger charge is -2.31. The molecule has 1 saturated heterocycles. The number of aliphatic imine (C=N–C) groups is 1. The Labute approximate surface area is 195 Å². The van der Waals surface area contributed by atoms with E-state index in [2.05, 4.69) is 4.99 Å². The van der Waals surface area contributed by atoms with Gasteiger partial charge in [0.25, 0.3) is 0 Å². The van der Waals surface area contributed by atoms with Crippen molar-refractivity contribution >= 4 is 40.4 Å².